The minimum absolute atomic E-state index is 0.0962. The molecule has 9 nitrogen and oxygen atoms in total. The van der Waals surface area contributed by atoms with E-state index in [9.17, 15) is 9.59 Å². The Hall–Kier alpha value is -2.81. The molecule has 0 bridgehead atoms. The van der Waals surface area contributed by atoms with Crippen molar-refractivity contribution in [2.45, 2.75) is 91.6 Å². The Bertz CT molecular complexity index is 1070. The van der Waals surface area contributed by atoms with Crippen molar-refractivity contribution in [3.05, 3.63) is 46.5 Å². The molecule has 36 heavy (non-hydrogen) atoms. The third-order valence-electron chi connectivity index (χ3n) is 5.65. The number of carbonyl (C=O) groups is 2. The van der Waals surface area contributed by atoms with E-state index < -0.39 is 11.2 Å². The average molecular weight is 520 g/mol. The van der Waals surface area contributed by atoms with Gasteiger partial charge in [-0.25, -0.2) is 9.59 Å². The summed E-state index contributed by atoms with van der Waals surface area (Å²) in [6.07, 6.45) is -0.755. The summed E-state index contributed by atoms with van der Waals surface area (Å²) in [6.45, 7) is 16.7. The molecular weight excluding hydrogens is 482 g/mol. The Morgan fingerprint density at radius 3 is 2.17 bits per heavy atom. The summed E-state index contributed by atoms with van der Waals surface area (Å²) in [5, 5.41) is 9.57. The fourth-order valence-corrected chi connectivity index (χ4v) is 4.09. The smallest absolute Gasteiger partial charge is 0.410 e. The SMILES string of the molecule is CC(C)N(CC(c1ccc(Cl)cc1)c1nnc2n1CCN(C(=O)OC(C)(C)C)C2)C(=O)OC(C)(C)C. The average Bonchev–Trinajstić information content (AvgIpc) is 3.15. The summed E-state index contributed by atoms with van der Waals surface area (Å²) in [6, 6.07) is 7.45. The number of fused-ring (bicyclic) bond motifs is 1. The molecule has 1 aliphatic rings. The van der Waals surface area contributed by atoms with Gasteiger partial charge in [-0.1, -0.05) is 23.7 Å². The normalized spacial score (nSPS) is 14.9. The van der Waals surface area contributed by atoms with Crippen molar-refractivity contribution in [2.75, 3.05) is 13.1 Å². The predicted molar refractivity (Wildman–Crippen MR) is 138 cm³/mol. The fourth-order valence-electron chi connectivity index (χ4n) is 3.96. The largest absolute Gasteiger partial charge is 0.444 e. The molecule has 1 aromatic carbocycles. The Morgan fingerprint density at radius 1 is 1.00 bits per heavy atom. The number of carbonyl (C=O) groups excluding carboxylic acids is 2. The quantitative estimate of drug-likeness (QED) is 0.521. The van der Waals surface area contributed by atoms with E-state index >= 15 is 0 Å². The van der Waals surface area contributed by atoms with Gasteiger partial charge in [-0.2, -0.15) is 0 Å². The van der Waals surface area contributed by atoms with Crippen LogP contribution in [0.3, 0.4) is 0 Å². The molecule has 0 fully saturated rings. The lowest BCUT2D eigenvalue weighted by Crippen LogP contribution is -2.44. The molecule has 1 aliphatic heterocycles. The highest BCUT2D eigenvalue weighted by atomic mass is 35.5. The summed E-state index contributed by atoms with van der Waals surface area (Å²) in [4.78, 5) is 29.0. The molecule has 3 rings (SSSR count). The predicted octanol–water partition coefficient (Wildman–Crippen LogP) is 5.46. The van der Waals surface area contributed by atoms with Gasteiger partial charge in [0.05, 0.1) is 12.5 Å². The molecule has 2 heterocycles. The van der Waals surface area contributed by atoms with Crippen LogP contribution in [0.5, 0.6) is 0 Å². The fraction of sp³-hybridized carbons (Fsp3) is 0.615. The van der Waals surface area contributed by atoms with Crippen LogP contribution in [-0.4, -0.2) is 67.1 Å². The first-order valence-electron chi connectivity index (χ1n) is 12.3. The summed E-state index contributed by atoms with van der Waals surface area (Å²) >= 11 is 6.16. The van der Waals surface area contributed by atoms with Gasteiger partial charge in [0.2, 0.25) is 0 Å². The van der Waals surface area contributed by atoms with E-state index in [0.29, 0.717) is 37.0 Å². The molecule has 0 aliphatic carbocycles. The Labute approximate surface area is 218 Å². The summed E-state index contributed by atoms with van der Waals surface area (Å²) < 4.78 is 13.3. The number of benzene rings is 1. The first kappa shape index (κ1) is 27.8. The maximum absolute atomic E-state index is 13.1. The zero-order chi connectivity index (χ0) is 26.8. The standard InChI is InChI=1S/C26H38ClN5O4/c1-17(2)32(24(34)36-26(6,7)8)15-20(18-9-11-19(27)12-10-18)22-29-28-21-16-30(13-14-31(21)22)23(33)35-25(3,4)5/h9-12,17,20H,13-16H2,1-8H3. The molecule has 2 aromatic rings. The van der Waals surface area contributed by atoms with Crippen LogP contribution in [-0.2, 0) is 22.6 Å². The van der Waals surface area contributed by atoms with Crippen LogP contribution in [0.25, 0.3) is 0 Å². The van der Waals surface area contributed by atoms with Crippen LogP contribution < -0.4 is 0 Å². The van der Waals surface area contributed by atoms with Crippen LogP contribution in [0.4, 0.5) is 9.59 Å². The highest BCUT2D eigenvalue weighted by Gasteiger charge is 2.34. The minimum atomic E-state index is -0.612. The van der Waals surface area contributed by atoms with Gasteiger partial charge < -0.3 is 18.9 Å². The molecule has 0 saturated heterocycles. The van der Waals surface area contributed by atoms with Gasteiger partial charge in [0.15, 0.2) is 5.82 Å². The van der Waals surface area contributed by atoms with Crippen LogP contribution in [0.1, 0.15) is 78.5 Å². The molecule has 10 heteroatoms. The van der Waals surface area contributed by atoms with Crippen molar-refractivity contribution in [1.82, 2.24) is 24.6 Å². The minimum Gasteiger partial charge on any atom is -0.444 e. The molecule has 0 radical (unpaired) electrons. The number of aromatic nitrogens is 3. The van der Waals surface area contributed by atoms with Crippen LogP contribution in [0.2, 0.25) is 5.02 Å². The molecule has 0 saturated carbocycles. The third kappa shape index (κ3) is 7.12. The summed E-state index contributed by atoms with van der Waals surface area (Å²) in [7, 11) is 0. The number of hydrogen-bond donors (Lipinski definition) is 0. The van der Waals surface area contributed by atoms with E-state index in [1.165, 1.54) is 0 Å². The maximum atomic E-state index is 13.1. The number of hydrogen-bond acceptors (Lipinski definition) is 6. The Kier molecular flexibility index (Phi) is 8.23. The molecule has 1 aromatic heterocycles. The second kappa shape index (κ2) is 10.7. The van der Waals surface area contributed by atoms with E-state index in [-0.39, 0.29) is 24.1 Å². The lowest BCUT2D eigenvalue weighted by molar-refractivity contribution is 0.0167. The Morgan fingerprint density at radius 2 is 1.61 bits per heavy atom. The van der Waals surface area contributed by atoms with Crippen molar-refractivity contribution in [2.24, 2.45) is 0 Å². The zero-order valence-electron chi connectivity index (χ0n) is 22.5. The van der Waals surface area contributed by atoms with Gasteiger partial charge in [0.1, 0.15) is 17.0 Å². The van der Waals surface area contributed by atoms with Crippen molar-refractivity contribution in [1.29, 1.82) is 0 Å². The second-order valence-corrected chi connectivity index (χ2v) is 11.8. The number of rotatable bonds is 5. The molecule has 0 spiro atoms. The number of nitrogens with zero attached hydrogens (tertiary/aromatic N) is 5. The van der Waals surface area contributed by atoms with E-state index in [1.807, 2.05) is 84.2 Å². The van der Waals surface area contributed by atoms with Crippen LogP contribution in [0, 0.1) is 0 Å². The van der Waals surface area contributed by atoms with Crippen molar-refractivity contribution >= 4 is 23.8 Å². The highest BCUT2D eigenvalue weighted by molar-refractivity contribution is 6.30. The Balaban J connectivity index is 1.93. The first-order chi connectivity index (χ1) is 16.6. The van der Waals surface area contributed by atoms with E-state index in [1.54, 1.807) is 9.80 Å². The molecule has 1 unspecified atom stereocenters. The van der Waals surface area contributed by atoms with Gasteiger partial charge in [0, 0.05) is 30.7 Å². The van der Waals surface area contributed by atoms with Gasteiger partial charge in [0.25, 0.3) is 0 Å². The number of amides is 2. The van der Waals surface area contributed by atoms with Crippen LogP contribution >= 0.6 is 11.6 Å². The number of ether oxygens (including phenoxy) is 2. The summed E-state index contributed by atoms with van der Waals surface area (Å²) in [5.74, 6) is 1.13. The molecule has 2 amide bonds. The molecule has 198 valence electrons. The second-order valence-electron chi connectivity index (χ2n) is 11.4. The van der Waals surface area contributed by atoms with Crippen molar-refractivity contribution < 1.29 is 19.1 Å². The van der Waals surface area contributed by atoms with Gasteiger partial charge >= 0.3 is 12.2 Å². The number of halogens is 1. The monoisotopic (exact) mass is 519 g/mol. The van der Waals surface area contributed by atoms with Crippen molar-refractivity contribution in [3.63, 3.8) is 0 Å². The van der Waals surface area contributed by atoms with E-state index in [2.05, 4.69) is 10.2 Å². The van der Waals surface area contributed by atoms with E-state index in [4.69, 9.17) is 21.1 Å². The highest BCUT2D eigenvalue weighted by Crippen LogP contribution is 2.29. The van der Waals surface area contributed by atoms with Gasteiger partial charge in [-0.15, -0.1) is 10.2 Å². The lowest BCUT2D eigenvalue weighted by atomic mass is 9.96. The van der Waals surface area contributed by atoms with Gasteiger partial charge in [-0.05, 0) is 73.1 Å². The molecule has 0 N–H and O–H groups in total. The zero-order valence-corrected chi connectivity index (χ0v) is 23.3. The van der Waals surface area contributed by atoms with E-state index in [0.717, 1.165) is 11.4 Å². The van der Waals surface area contributed by atoms with Gasteiger partial charge in [-0.3, -0.25) is 4.90 Å². The molecular formula is C26H38ClN5O4. The first-order valence-corrected chi connectivity index (χ1v) is 12.7. The lowest BCUT2D eigenvalue weighted by Gasteiger charge is -2.34. The van der Waals surface area contributed by atoms with Crippen molar-refractivity contribution in [3.8, 4) is 0 Å². The topological polar surface area (TPSA) is 89.8 Å². The van der Waals surface area contributed by atoms with Crippen LogP contribution in [0.15, 0.2) is 24.3 Å². The maximum Gasteiger partial charge on any atom is 0.410 e. The summed E-state index contributed by atoms with van der Waals surface area (Å²) in [5.41, 5.74) is -0.230. The molecule has 1 atom stereocenters. The third-order valence-corrected chi connectivity index (χ3v) is 5.90.